The summed E-state index contributed by atoms with van der Waals surface area (Å²) in [5.41, 5.74) is 0. The Labute approximate surface area is 40.2 Å². The average molecular weight is 161 g/mol. The van der Waals surface area contributed by atoms with Crippen LogP contribution in [0.2, 0.25) is 0 Å². The molecule has 0 aromatic heterocycles. The molecule has 0 radical (unpaired) electrons. The maximum absolute atomic E-state index is 10.3. The topological polar surface area (TPSA) is 0 Å². The van der Waals surface area contributed by atoms with Crippen molar-refractivity contribution in [2.24, 2.45) is 0 Å². The minimum absolute atomic E-state index is 2.84. The summed E-state index contributed by atoms with van der Waals surface area (Å²) >= 11 is 2.84. The predicted molar refractivity (Wildman–Crippen MR) is 18.3 cm³/mol. The van der Waals surface area contributed by atoms with E-state index in [-0.39, 0.29) is 0 Å². The van der Waals surface area contributed by atoms with Crippen LogP contribution in [0, 0.1) is 0 Å². The van der Waals surface area contributed by atoms with Gasteiger partial charge in [-0.15, -0.1) is 0 Å². The number of rotatable bonds is 0. The molecule has 0 saturated heterocycles. The van der Waals surface area contributed by atoms with E-state index in [1.54, 1.807) is 0 Å². The average Bonchev–Trinajstić information content (AvgIpc) is 0.592. The standard InChI is InChI=1S/ClF5P/c1-7(2,3,4,5)6/q-1. The van der Waals surface area contributed by atoms with Crippen molar-refractivity contribution in [1.82, 2.24) is 0 Å². The first-order valence-electron chi connectivity index (χ1n) is 1.01. The Morgan fingerprint density at radius 1 is 0.857 bits per heavy atom. The summed E-state index contributed by atoms with van der Waals surface area (Å²) in [5.74, 6) is 0. The first-order valence-corrected chi connectivity index (χ1v) is 4.06. The van der Waals surface area contributed by atoms with E-state index in [0.717, 1.165) is 0 Å². The van der Waals surface area contributed by atoms with Gasteiger partial charge in [-0.25, -0.2) is 0 Å². The van der Waals surface area contributed by atoms with Gasteiger partial charge in [-0.2, -0.15) is 0 Å². The second-order valence-electron chi connectivity index (χ2n) is 0.958. The summed E-state index contributed by atoms with van der Waals surface area (Å²) < 4.78 is 51.5. The Bertz CT molecular complexity index is 66.6. The van der Waals surface area contributed by atoms with E-state index < -0.39 is 6.85 Å². The van der Waals surface area contributed by atoms with Crippen LogP contribution in [-0.4, -0.2) is 0 Å². The molecular formula is ClF5P-. The fourth-order valence-corrected chi connectivity index (χ4v) is 0. The van der Waals surface area contributed by atoms with Gasteiger partial charge < -0.3 is 0 Å². The predicted octanol–water partition coefficient (Wildman–Crippen LogP) is 3.65. The van der Waals surface area contributed by atoms with E-state index in [1.807, 2.05) is 0 Å². The third-order valence-electron chi connectivity index (χ3n) is 0. The van der Waals surface area contributed by atoms with Gasteiger partial charge in [-0.3, -0.25) is 0 Å². The van der Waals surface area contributed by atoms with E-state index in [1.165, 1.54) is 0 Å². The van der Waals surface area contributed by atoms with Gasteiger partial charge in [0.25, 0.3) is 0 Å². The quantitative estimate of drug-likeness (QED) is 0.376. The van der Waals surface area contributed by atoms with Crippen LogP contribution in [0.3, 0.4) is 0 Å². The minimum atomic E-state index is -9.69. The van der Waals surface area contributed by atoms with Crippen LogP contribution >= 0.6 is 18.1 Å². The van der Waals surface area contributed by atoms with Gasteiger partial charge in [0.05, 0.1) is 0 Å². The van der Waals surface area contributed by atoms with E-state index in [9.17, 15) is 21.0 Å². The Hall–Kier alpha value is 0.370. The summed E-state index contributed by atoms with van der Waals surface area (Å²) in [6.45, 7) is -9.69. The SMILES string of the molecule is F[P-](F)(F)(F)(F)Cl. The van der Waals surface area contributed by atoms with Crippen molar-refractivity contribution < 1.29 is 21.0 Å². The molecule has 0 bridgehead atoms. The number of hydrogen-bond acceptors (Lipinski definition) is 0. The molecule has 0 atom stereocenters. The Kier molecular flexibility index (Phi) is 0.819. The summed E-state index contributed by atoms with van der Waals surface area (Å²) in [7, 11) is 0. The van der Waals surface area contributed by atoms with Crippen LogP contribution in [0.4, 0.5) is 21.0 Å². The molecule has 0 saturated carbocycles. The first kappa shape index (κ1) is 7.37. The van der Waals surface area contributed by atoms with Gasteiger partial charge in [-0.1, -0.05) is 0 Å². The van der Waals surface area contributed by atoms with Crippen LogP contribution in [0.1, 0.15) is 0 Å². The van der Waals surface area contributed by atoms with Gasteiger partial charge in [0.15, 0.2) is 0 Å². The molecule has 0 aliphatic rings. The van der Waals surface area contributed by atoms with Crippen LogP contribution in [0.25, 0.3) is 0 Å². The zero-order valence-electron chi connectivity index (χ0n) is 2.72. The molecule has 0 rings (SSSR count). The van der Waals surface area contributed by atoms with Gasteiger partial charge in [0.2, 0.25) is 0 Å². The molecule has 0 aromatic rings. The van der Waals surface area contributed by atoms with Crippen LogP contribution in [0.15, 0.2) is 0 Å². The van der Waals surface area contributed by atoms with E-state index >= 15 is 0 Å². The van der Waals surface area contributed by atoms with Gasteiger partial charge in [-0.05, 0) is 0 Å². The summed E-state index contributed by atoms with van der Waals surface area (Å²) in [6, 6.07) is 0. The number of hydrogen-bond donors (Lipinski definition) is 0. The third-order valence-corrected chi connectivity index (χ3v) is 0. The van der Waals surface area contributed by atoms with Crippen molar-refractivity contribution in [2.75, 3.05) is 0 Å². The van der Waals surface area contributed by atoms with E-state index in [2.05, 4.69) is 11.2 Å². The molecule has 0 spiro atoms. The Morgan fingerprint density at radius 3 is 0.857 bits per heavy atom. The van der Waals surface area contributed by atoms with Crippen molar-refractivity contribution in [3.8, 4) is 0 Å². The Morgan fingerprint density at radius 2 is 0.857 bits per heavy atom. The van der Waals surface area contributed by atoms with Crippen LogP contribution in [0.5, 0.6) is 0 Å². The molecule has 0 aliphatic heterocycles. The van der Waals surface area contributed by atoms with Crippen molar-refractivity contribution in [1.29, 1.82) is 0 Å². The molecule has 7 heavy (non-hydrogen) atoms. The van der Waals surface area contributed by atoms with Gasteiger partial charge >= 0.3 is 39.1 Å². The molecule has 0 heterocycles. The molecule has 0 fully saturated rings. The van der Waals surface area contributed by atoms with Crippen LogP contribution < -0.4 is 0 Å². The van der Waals surface area contributed by atoms with Gasteiger partial charge in [0, 0.05) is 0 Å². The molecule has 48 valence electrons. The third kappa shape index (κ3) is 889. The summed E-state index contributed by atoms with van der Waals surface area (Å²) in [6.07, 6.45) is 0. The molecule has 7 heteroatoms. The van der Waals surface area contributed by atoms with E-state index in [0.29, 0.717) is 0 Å². The van der Waals surface area contributed by atoms with Crippen molar-refractivity contribution >= 4 is 18.1 Å². The normalized spacial score (nSPS) is 23.1. The van der Waals surface area contributed by atoms with Crippen molar-refractivity contribution in [3.63, 3.8) is 0 Å². The van der Waals surface area contributed by atoms with Crippen molar-refractivity contribution in [3.05, 3.63) is 0 Å². The van der Waals surface area contributed by atoms with Crippen molar-refractivity contribution in [2.45, 2.75) is 0 Å². The molecule has 0 aliphatic carbocycles. The molecule has 0 aromatic carbocycles. The summed E-state index contributed by atoms with van der Waals surface area (Å²) in [5, 5.41) is 0. The van der Waals surface area contributed by atoms with Gasteiger partial charge in [0.1, 0.15) is 0 Å². The second-order valence-corrected chi connectivity index (χ2v) is 4.79. The molecule has 0 nitrogen and oxygen atoms in total. The number of halogens is 6. The zero-order valence-corrected chi connectivity index (χ0v) is 4.37. The maximum atomic E-state index is 10.3. The fraction of sp³-hybridized carbons (Fsp3) is 0. The molecule has 0 N–H and O–H groups in total. The zero-order chi connectivity index (χ0) is 6.41. The Balaban J connectivity index is 4.43. The van der Waals surface area contributed by atoms with Crippen LogP contribution in [-0.2, 0) is 0 Å². The summed E-state index contributed by atoms with van der Waals surface area (Å²) in [4.78, 5) is 0. The molecular weight excluding hydrogens is 161 g/mol. The second kappa shape index (κ2) is 0.778. The molecule has 0 amide bonds. The van der Waals surface area contributed by atoms with E-state index in [4.69, 9.17) is 0 Å². The first-order chi connectivity index (χ1) is 2.45. The monoisotopic (exact) mass is 161 g/mol. The fourth-order valence-electron chi connectivity index (χ4n) is 0. The molecule has 0 unspecified atom stereocenters.